The summed E-state index contributed by atoms with van der Waals surface area (Å²) in [7, 11) is 0. The Morgan fingerprint density at radius 2 is 1.92 bits per heavy atom. The molecule has 128 valence electrons. The first-order valence-corrected chi connectivity index (χ1v) is 7.77. The van der Waals surface area contributed by atoms with Crippen molar-refractivity contribution in [2.24, 2.45) is 0 Å². The molecule has 0 spiro atoms. The van der Waals surface area contributed by atoms with E-state index in [1.165, 1.54) is 0 Å². The van der Waals surface area contributed by atoms with Crippen LogP contribution in [0.4, 0.5) is 5.69 Å². The SMILES string of the molecule is Cc1cccc(NC(=O)C(=O)NCCC(O)c2cc(C)oc2C)c1. The van der Waals surface area contributed by atoms with Gasteiger partial charge in [-0.3, -0.25) is 9.59 Å². The molecule has 0 radical (unpaired) electrons. The molecule has 0 bridgehead atoms. The summed E-state index contributed by atoms with van der Waals surface area (Å²) in [5.41, 5.74) is 2.26. The van der Waals surface area contributed by atoms with Crippen LogP contribution in [-0.4, -0.2) is 23.5 Å². The summed E-state index contributed by atoms with van der Waals surface area (Å²) in [6.45, 7) is 5.67. The summed E-state index contributed by atoms with van der Waals surface area (Å²) in [6, 6.07) is 8.96. The van der Waals surface area contributed by atoms with Crippen LogP contribution in [0.3, 0.4) is 0 Å². The zero-order chi connectivity index (χ0) is 17.7. The normalized spacial score (nSPS) is 11.8. The molecule has 3 N–H and O–H groups in total. The molecule has 2 aromatic rings. The molecule has 0 fully saturated rings. The molecular formula is C18H22N2O4. The van der Waals surface area contributed by atoms with Crippen molar-refractivity contribution in [1.82, 2.24) is 5.32 Å². The van der Waals surface area contributed by atoms with E-state index in [1.54, 1.807) is 38.1 Å². The second kappa shape index (κ2) is 7.79. The van der Waals surface area contributed by atoms with Crippen molar-refractivity contribution in [2.45, 2.75) is 33.3 Å². The molecule has 0 saturated carbocycles. The fraction of sp³-hybridized carbons (Fsp3) is 0.333. The van der Waals surface area contributed by atoms with Gasteiger partial charge in [0, 0.05) is 17.8 Å². The van der Waals surface area contributed by atoms with Crippen molar-refractivity contribution in [3.63, 3.8) is 0 Å². The zero-order valence-corrected chi connectivity index (χ0v) is 14.1. The molecule has 2 amide bonds. The molecule has 1 heterocycles. The molecule has 1 unspecified atom stereocenters. The van der Waals surface area contributed by atoms with E-state index in [1.807, 2.05) is 13.0 Å². The Hall–Kier alpha value is -2.60. The van der Waals surface area contributed by atoms with Gasteiger partial charge in [0.05, 0.1) is 6.10 Å². The number of benzene rings is 1. The summed E-state index contributed by atoms with van der Waals surface area (Å²) in [5, 5.41) is 15.2. The number of nitrogens with one attached hydrogen (secondary N) is 2. The van der Waals surface area contributed by atoms with E-state index in [9.17, 15) is 14.7 Å². The van der Waals surface area contributed by atoms with Gasteiger partial charge in [0.2, 0.25) is 0 Å². The molecular weight excluding hydrogens is 308 g/mol. The molecule has 6 nitrogen and oxygen atoms in total. The molecule has 1 atom stereocenters. The van der Waals surface area contributed by atoms with Crippen LogP contribution in [0.15, 0.2) is 34.7 Å². The van der Waals surface area contributed by atoms with Crippen LogP contribution >= 0.6 is 0 Å². The first kappa shape index (κ1) is 17.7. The Balaban J connectivity index is 1.80. The molecule has 0 aliphatic heterocycles. The Morgan fingerprint density at radius 1 is 1.17 bits per heavy atom. The van der Waals surface area contributed by atoms with E-state index < -0.39 is 17.9 Å². The standard InChI is InChI=1S/C18H22N2O4/c1-11-5-4-6-14(9-11)20-18(23)17(22)19-8-7-16(21)15-10-12(2)24-13(15)3/h4-6,9-10,16,21H,7-8H2,1-3H3,(H,19,22)(H,20,23). The maximum absolute atomic E-state index is 11.8. The minimum absolute atomic E-state index is 0.185. The van der Waals surface area contributed by atoms with Crippen LogP contribution < -0.4 is 10.6 Å². The third kappa shape index (κ3) is 4.70. The lowest BCUT2D eigenvalue weighted by Crippen LogP contribution is -2.36. The van der Waals surface area contributed by atoms with E-state index in [-0.39, 0.29) is 6.54 Å². The number of rotatable bonds is 5. The molecule has 24 heavy (non-hydrogen) atoms. The van der Waals surface area contributed by atoms with Gasteiger partial charge in [0.25, 0.3) is 0 Å². The maximum atomic E-state index is 11.8. The van der Waals surface area contributed by atoms with Gasteiger partial charge >= 0.3 is 11.8 Å². The number of furan rings is 1. The van der Waals surface area contributed by atoms with Crippen LogP contribution in [0.2, 0.25) is 0 Å². The Bertz CT molecular complexity index is 736. The predicted molar refractivity (Wildman–Crippen MR) is 90.6 cm³/mol. The minimum atomic E-state index is -0.748. The Morgan fingerprint density at radius 3 is 2.54 bits per heavy atom. The summed E-state index contributed by atoms with van der Waals surface area (Å²) >= 11 is 0. The molecule has 0 aliphatic carbocycles. The van der Waals surface area contributed by atoms with E-state index in [0.717, 1.165) is 11.3 Å². The highest BCUT2D eigenvalue weighted by Crippen LogP contribution is 2.23. The highest BCUT2D eigenvalue weighted by molar-refractivity contribution is 6.39. The van der Waals surface area contributed by atoms with E-state index in [2.05, 4.69) is 10.6 Å². The smallest absolute Gasteiger partial charge is 0.313 e. The second-order valence-corrected chi connectivity index (χ2v) is 5.75. The van der Waals surface area contributed by atoms with Gasteiger partial charge in [0.1, 0.15) is 11.5 Å². The van der Waals surface area contributed by atoms with Crippen molar-refractivity contribution in [3.05, 3.63) is 53.0 Å². The maximum Gasteiger partial charge on any atom is 0.313 e. The number of anilines is 1. The summed E-state index contributed by atoms with van der Waals surface area (Å²) in [4.78, 5) is 23.6. The number of hydrogen-bond donors (Lipinski definition) is 3. The fourth-order valence-electron chi connectivity index (χ4n) is 2.45. The Labute approximate surface area is 140 Å². The van der Waals surface area contributed by atoms with Gasteiger partial charge in [-0.1, -0.05) is 12.1 Å². The minimum Gasteiger partial charge on any atom is -0.466 e. The molecule has 6 heteroatoms. The third-order valence-corrected chi connectivity index (χ3v) is 3.62. The average Bonchev–Trinajstić information content (AvgIpc) is 2.85. The van der Waals surface area contributed by atoms with Crippen molar-refractivity contribution in [3.8, 4) is 0 Å². The van der Waals surface area contributed by atoms with Crippen LogP contribution in [0, 0.1) is 20.8 Å². The largest absolute Gasteiger partial charge is 0.466 e. The molecule has 1 aromatic carbocycles. The number of aliphatic hydroxyl groups is 1. The zero-order valence-electron chi connectivity index (χ0n) is 14.1. The van der Waals surface area contributed by atoms with E-state index in [4.69, 9.17) is 4.42 Å². The number of carbonyl (C=O) groups excluding carboxylic acids is 2. The molecule has 0 aliphatic rings. The van der Waals surface area contributed by atoms with Gasteiger partial charge in [0.15, 0.2) is 0 Å². The highest BCUT2D eigenvalue weighted by Gasteiger charge is 2.17. The quantitative estimate of drug-likeness (QED) is 0.734. The van der Waals surface area contributed by atoms with Crippen LogP contribution in [0.25, 0.3) is 0 Å². The number of aryl methyl sites for hydroxylation is 3. The second-order valence-electron chi connectivity index (χ2n) is 5.75. The molecule has 0 saturated heterocycles. The first-order valence-electron chi connectivity index (χ1n) is 7.77. The highest BCUT2D eigenvalue weighted by atomic mass is 16.3. The number of aliphatic hydroxyl groups excluding tert-OH is 1. The Kier molecular flexibility index (Phi) is 5.76. The number of carbonyl (C=O) groups is 2. The van der Waals surface area contributed by atoms with Gasteiger partial charge in [-0.15, -0.1) is 0 Å². The van der Waals surface area contributed by atoms with E-state index in [0.29, 0.717) is 23.4 Å². The van der Waals surface area contributed by atoms with Crippen molar-refractivity contribution in [2.75, 3.05) is 11.9 Å². The van der Waals surface area contributed by atoms with Crippen molar-refractivity contribution in [1.29, 1.82) is 0 Å². The fourth-order valence-corrected chi connectivity index (χ4v) is 2.45. The first-order chi connectivity index (χ1) is 11.4. The van der Waals surface area contributed by atoms with E-state index >= 15 is 0 Å². The average molecular weight is 330 g/mol. The lowest BCUT2D eigenvalue weighted by molar-refractivity contribution is -0.136. The predicted octanol–water partition coefficient (Wildman–Crippen LogP) is 2.38. The van der Waals surface area contributed by atoms with Crippen LogP contribution in [0.1, 0.15) is 35.2 Å². The van der Waals surface area contributed by atoms with Gasteiger partial charge < -0.3 is 20.2 Å². The van der Waals surface area contributed by atoms with Crippen LogP contribution in [0.5, 0.6) is 0 Å². The van der Waals surface area contributed by atoms with Crippen molar-refractivity contribution >= 4 is 17.5 Å². The van der Waals surface area contributed by atoms with Gasteiger partial charge in [-0.2, -0.15) is 0 Å². The summed E-state index contributed by atoms with van der Waals surface area (Å²) < 4.78 is 5.37. The number of amides is 2. The lowest BCUT2D eigenvalue weighted by atomic mass is 10.1. The van der Waals surface area contributed by atoms with Gasteiger partial charge in [-0.05, 0) is 51.0 Å². The third-order valence-electron chi connectivity index (χ3n) is 3.62. The van der Waals surface area contributed by atoms with Crippen LogP contribution in [-0.2, 0) is 9.59 Å². The monoisotopic (exact) mass is 330 g/mol. The molecule has 1 aromatic heterocycles. The van der Waals surface area contributed by atoms with Gasteiger partial charge in [-0.25, -0.2) is 0 Å². The summed E-state index contributed by atoms with van der Waals surface area (Å²) in [6.07, 6.45) is -0.453. The van der Waals surface area contributed by atoms with Crippen molar-refractivity contribution < 1.29 is 19.1 Å². The lowest BCUT2D eigenvalue weighted by Gasteiger charge is -2.11. The summed E-state index contributed by atoms with van der Waals surface area (Å²) in [5.74, 6) is -0.0825. The topological polar surface area (TPSA) is 91.6 Å². The molecule has 2 rings (SSSR count). The number of hydrogen-bond acceptors (Lipinski definition) is 4.